The summed E-state index contributed by atoms with van der Waals surface area (Å²) in [6, 6.07) is 1.84. The van der Waals surface area contributed by atoms with Crippen LogP contribution in [0, 0.1) is 0 Å². The molecule has 1 aliphatic rings. The van der Waals surface area contributed by atoms with E-state index in [1.807, 2.05) is 6.07 Å². The van der Waals surface area contributed by atoms with E-state index in [4.69, 9.17) is 16.3 Å². The van der Waals surface area contributed by atoms with Crippen LogP contribution < -0.4 is 4.74 Å². The van der Waals surface area contributed by atoms with Crippen LogP contribution in [-0.4, -0.2) is 17.3 Å². The zero-order chi connectivity index (χ0) is 8.55. The monoisotopic (exact) mass is 184 g/mol. The third-order valence-corrected chi connectivity index (χ3v) is 2.19. The fourth-order valence-electron chi connectivity index (χ4n) is 1.09. The molecule has 0 saturated heterocycles. The minimum absolute atomic E-state index is 0.404. The Bertz CT molecular complexity index is 299. The van der Waals surface area contributed by atoms with Crippen molar-refractivity contribution in [2.24, 2.45) is 0 Å². The highest BCUT2D eigenvalue weighted by molar-refractivity contribution is 6.31. The molecule has 1 saturated carbocycles. The lowest BCUT2D eigenvalue weighted by Gasteiger charge is -2.01. The first-order chi connectivity index (χ1) is 5.81. The van der Waals surface area contributed by atoms with Gasteiger partial charge in [0.05, 0.1) is 12.8 Å². The number of halogens is 1. The van der Waals surface area contributed by atoms with E-state index in [2.05, 4.69) is 10.2 Å². The lowest BCUT2D eigenvalue weighted by molar-refractivity contribution is 0.391. The summed E-state index contributed by atoms with van der Waals surface area (Å²) in [7, 11) is 1.53. The molecular formula is C8H9ClN2O. The van der Waals surface area contributed by atoms with Gasteiger partial charge >= 0.3 is 0 Å². The Kier molecular flexibility index (Phi) is 1.89. The Morgan fingerprint density at radius 1 is 1.50 bits per heavy atom. The van der Waals surface area contributed by atoms with Crippen LogP contribution in [0.3, 0.4) is 0 Å². The van der Waals surface area contributed by atoms with E-state index >= 15 is 0 Å². The summed E-state index contributed by atoms with van der Waals surface area (Å²) in [6.07, 6.45) is 2.41. The van der Waals surface area contributed by atoms with Gasteiger partial charge in [0.25, 0.3) is 5.88 Å². The summed E-state index contributed by atoms with van der Waals surface area (Å²) >= 11 is 5.87. The van der Waals surface area contributed by atoms with E-state index in [9.17, 15) is 0 Å². The quantitative estimate of drug-likeness (QED) is 0.706. The highest BCUT2D eigenvalue weighted by Gasteiger charge is 2.26. The molecule has 12 heavy (non-hydrogen) atoms. The summed E-state index contributed by atoms with van der Waals surface area (Å²) in [5, 5.41) is 8.42. The van der Waals surface area contributed by atoms with Crippen LogP contribution in [0.5, 0.6) is 5.88 Å². The predicted octanol–water partition coefficient (Wildman–Crippen LogP) is 2.02. The zero-order valence-electron chi connectivity index (χ0n) is 6.75. The SMILES string of the molecule is COc1nnc(C2CC2)cc1Cl. The largest absolute Gasteiger partial charge is 0.479 e. The van der Waals surface area contributed by atoms with Gasteiger partial charge < -0.3 is 4.74 Å². The van der Waals surface area contributed by atoms with E-state index in [1.54, 1.807) is 0 Å². The van der Waals surface area contributed by atoms with Crippen molar-refractivity contribution in [3.63, 3.8) is 0 Å². The van der Waals surface area contributed by atoms with Crippen molar-refractivity contribution in [3.8, 4) is 5.88 Å². The van der Waals surface area contributed by atoms with Gasteiger partial charge in [-0.15, -0.1) is 5.10 Å². The smallest absolute Gasteiger partial charge is 0.252 e. The maximum atomic E-state index is 5.87. The molecule has 0 aliphatic heterocycles. The van der Waals surface area contributed by atoms with Gasteiger partial charge in [-0.3, -0.25) is 0 Å². The van der Waals surface area contributed by atoms with Gasteiger partial charge in [0, 0.05) is 5.92 Å². The van der Waals surface area contributed by atoms with Gasteiger partial charge in [0.1, 0.15) is 5.02 Å². The fourth-order valence-corrected chi connectivity index (χ4v) is 1.32. The third kappa shape index (κ3) is 1.37. The molecule has 1 heterocycles. The summed E-state index contributed by atoms with van der Waals surface area (Å²) in [4.78, 5) is 0. The van der Waals surface area contributed by atoms with Gasteiger partial charge in [-0.25, -0.2) is 0 Å². The number of nitrogens with zero attached hydrogens (tertiary/aromatic N) is 2. The number of methoxy groups -OCH3 is 1. The first-order valence-corrected chi connectivity index (χ1v) is 4.26. The van der Waals surface area contributed by atoms with Crippen LogP contribution in [0.25, 0.3) is 0 Å². The minimum Gasteiger partial charge on any atom is -0.479 e. The van der Waals surface area contributed by atoms with E-state index in [0.29, 0.717) is 16.8 Å². The average molecular weight is 185 g/mol. The van der Waals surface area contributed by atoms with Crippen molar-refractivity contribution in [1.29, 1.82) is 0 Å². The highest BCUT2D eigenvalue weighted by atomic mass is 35.5. The third-order valence-electron chi connectivity index (χ3n) is 1.92. The van der Waals surface area contributed by atoms with Gasteiger partial charge in [-0.05, 0) is 18.9 Å². The first-order valence-electron chi connectivity index (χ1n) is 3.88. The lowest BCUT2D eigenvalue weighted by atomic mass is 10.3. The summed E-state index contributed by atoms with van der Waals surface area (Å²) in [6.45, 7) is 0. The van der Waals surface area contributed by atoms with Crippen LogP contribution in [0.2, 0.25) is 5.02 Å². The average Bonchev–Trinajstić information content (AvgIpc) is 2.86. The second kappa shape index (κ2) is 2.90. The van der Waals surface area contributed by atoms with Crippen molar-refractivity contribution in [2.45, 2.75) is 18.8 Å². The Morgan fingerprint density at radius 2 is 2.25 bits per heavy atom. The van der Waals surface area contributed by atoms with Crippen molar-refractivity contribution in [1.82, 2.24) is 10.2 Å². The lowest BCUT2D eigenvalue weighted by Crippen LogP contribution is -1.95. The number of ether oxygens (including phenoxy) is 1. The molecule has 1 aromatic rings. The number of hydrogen-bond donors (Lipinski definition) is 0. The predicted molar refractivity (Wildman–Crippen MR) is 45.6 cm³/mol. The summed E-state index contributed by atoms with van der Waals surface area (Å²) in [5.74, 6) is 0.988. The summed E-state index contributed by atoms with van der Waals surface area (Å²) in [5.41, 5.74) is 0.987. The molecule has 0 N–H and O–H groups in total. The molecule has 4 heteroatoms. The van der Waals surface area contributed by atoms with E-state index < -0.39 is 0 Å². The molecule has 0 unspecified atom stereocenters. The zero-order valence-corrected chi connectivity index (χ0v) is 7.51. The van der Waals surface area contributed by atoms with Gasteiger partial charge in [0.2, 0.25) is 0 Å². The van der Waals surface area contributed by atoms with Crippen LogP contribution in [0.15, 0.2) is 6.07 Å². The normalized spacial score (nSPS) is 16.2. The second-order valence-corrected chi connectivity index (χ2v) is 3.31. The Labute approximate surface area is 75.7 Å². The van der Waals surface area contributed by atoms with Crippen LogP contribution in [0.4, 0.5) is 0 Å². The molecule has 3 nitrogen and oxygen atoms in total. The van der Waals surface area contributed by atoms with Crippen molar-refractivity contribution < 1.29 is 4.74 Å². The van der Waals surface area contributed by atoms with Gasteiger partial charge in [-0.2, -0.15) is 5.10 Å². The standard InChI is InChI=1S/C8H9ClN2O/c1-12-8-6(9)4-7(10-11-8)5-2-3-5/h4-5H,2-3H2,1H3. The Hall–Kier alpha value is -0.830. The molecule has 64 valence electrons. The number of hydrogen-bond acceptors (Lipinski definition) is 3. The number of rotatable bonds is 2. The maximum Gasteiger partial charge on any atom is 0.252 e. The van der Waals surface area contributed by atoms with E-state index in [-0.39, 0.29) is 0 Å². The maximum absolute atomic E-state index is 5.87. The molecule has 1 aliphatic carbocycles. The van der Waals surface area contributed by atoms with Crippen molar-refractivity contribution in [2.75, 3.05) is 7.11 Å². The molecule has 1 aromatic heterocycles. The summed E-state index contributed by atoms with van der Waals surface area (Å²) < 4.78 is 4.89. The van der Waals surface area contributed by atoms with Crippen LogP contribution >= 0.6 is 11.6 Å². The van der Waals surface area contributed by atoms with Crippen LogP contribution in [-0.2, 0) is 0 Å². The highest BCUT2D eigenvalue weighted by Crippen LogP contribution is 2.40. The molecule has 1 fully saturated rings. The molecule has 0 bridgehead atoms. The minimum atomic E-state index is 0.404. The molecule has 0 radical (unpaired) electrons. The van der Waals surface area contributed by atoms with E-state index in [0.717, 1.165) is 5.69 Å². The molecule has 0 aromatic carbocycles. The topological polar surface area (TPSA) is 35.0 Å². The molecule has 2 rings (SSSR count). The van der Waals surface area contributed by atoms with Gasteiger partial charge in [0.15, 0.2) is 0 Å². The fraction of sp³-hybridized carbons (Fsp3) is 0.500. The van der Waals surface area contributed by atoms with Crippen LogP contribution in [0.1, 0.15) is 24.5 Å². The molecule has 0 amide bonds. The van der Waals surface area contributed by atoms with E-state index in [1.165, 1.54) is 20.0 Å². The Balaban J connectivity index is 2.30. The molecule has 0 spiro atoms. The first kappa shape index (κ1) is 7.80. The number of aromatic nitrogens is 2. The molecule has 0 atom stereocenters. The van der Waals surface area contributed by atoms with Crippen molar-refractivity contribution in [3.05, 3.63) is 16.8 Å². The Morgan fingerprint density at radius 3 is 2.75 bits per heavy atom. The van der Waals surface area contributed by atoms with Crippen molar-refractivity contribution >= 4 is 11.6 Å². The second-order valence-electron chi connectivity index (χ2n) is 2.90. The van der Waals surface area contributed by atoms with Gasteiger partial charge in [-0.1, -0.05) is 11.6 Å². The molecular weight excluding hydrogens is 176 g/mol.